The minimum absolute atomic E-state index is 0.0445. The summed E-state index contributed by atoms with van der Waals surface area (Å²) in [6.07, 6.45) is 0.400. The lowest BCUT2D eigenvalue weighted by molar-refractivity contribution is -0.137. The lowest BCUT2D eigenvalue weighted by atomic mass is 10.0. The Morgan fingerprint density at radius 3 is 2.44 bits per heavy atom. The Bertz CT molecular complexity index is 1750. The molecule has 4 heterocycles. The van der Waals surface area contributed by atoms with Crippen LogP contribution >= 0.6 is 0 Å². The summed E-state index contributed by atoms with van der Waals surface area (Å²) in [6, 6.07) is 13.7. The maximum absolute atomic E-state index is 14.5. The maximum atomic E-state index is 14.5. The normalized spacial score (nSPS) is 18.3. The van der Waals surface area contributed by atoms with Crippen molar-refractivity contribution in [3.63, 3.8) is 0 Å². The quantitative estimate of drug-likeness (QED) is 0.348. The third-order valence-electron chi connectivity index (χ3n) is 7.32. The molecule has 0 saturated carbocycles. The zero-order valence-electron chi connectivity index (χ0n) is 21.7. The van der Waals surface area contributed by atoms with Crippen LogP contribution in [0.3, 0.4) is 0 Å². The Kier molecular flexibility index (Phi) is 5.95. The van der Waals surface area contributed by atoms with Crippen LogP contribution in [-0.2, 0) is 13.2 Å². The van der Waals surface area contributed by atoms with Gasteiger partial charge in [-0.25, -0.2) is 4.79 Å². The number of fused-ring (bicyclic) bond motifs is 3. The van der Waals surface area contributed by atoms with E-state index in [-0.39, 0.29) is 23.5 Å². The van der Waals surface area contributed by atoms with Gasteiger partial charge in [-0.2, -0.15) is 13.2 Å². The molecule has 7 nitrogen and oxygen atoms in total. The van der Waals surface area contributed by atoms with E-state index in [1.54, 1.807) is 36.6 Å². The molecule has 5 aromatic rings. The van der Waals surface area contributed by atoms with Gasteiger partial charge in [-0.05, 0) is 55.8 Å². The van der Waals surface area contributed by atoms with Gasteiger partial charge in [-0.3, -0.25) is 19.1 Å². The van der Waals surface area contributed by atoms with Gasteiger partial charge in [0.05, 0.1) is 34.0 Å². The second-order valence-electron chi connectivity index (χ2n) is 10.2. The number of rotatable bonds is 3. The average molecular weight is 533 g/mol. The minimum Gasteiger partial charge on any atom is -0.368 e. The fourth-order valence-corrected chi connectivity index (χ4v) is 5.64. The largest absolute Gasteiger partial charge is 0.418 e. The van der Waals surface area contributed by atoms with Crippen molar-refractivity contribution in [2.45, 2.75) is 32.1 Å². The molecule has 6 rings (SSSR count). The molecule has 1 aliphatic rings. The summed E-state index contributed by atoms with van der Waals surface area (Å²) in [5.74, 6) is 0. The Morgan fingerprint density at radius 2 is 1.74 bits per heavy atom. The number of imidazole rings is 1. The highest BCUT2D eigenvalue weighted by atomic mass is 19.4. The van der Waals surface area contributed by atoms with Crippen LogP contribution in [-0.4, -0.2) is 44.3 Å². The summed E-state index contributed by atoms with van der Waals surface area (Å²) >= 11 is 0. The van der Waals surface area contributed by atoms with Gasteiger partial charge >= 0.3 is 11.9 Å². The number of nitrogens with zero attached hydrogens (tertiary/aromatic N) is 5. The highest BCUT2D eigenvalue weighted by Gasteiger charge is 2.37. The number of pyridine rings is 2. The molecule has 0 radical (unpaired) electrons. The fraction of sp³-hybridized carbons (Fsp3) is 0.276. The zero-order valence-corrected chi connectivity index (χ0v) is 21.7. The number of nitrogens with one attached hydrogen (secondary N) is 1. The van der Waals surface area contributed by atoms with E-state index in [4.69, 9.17) is 0 Å². The van der Waals surface area contributed by atoms with Gasteiger partial charge in [0, 0.05) is 61.3 Å². The Labute approximate surface area is 222 Å². The van der Waals surface area contributed by atoms with Crippen molar-refractivity contribution in [2.24, 2.45) is 7.05 Å². The summed E-state index contributed by atoms with van der Waals surface area (Å²) in [5, 5.41) is 4.02. The SMILES string of the molecule is C[C@@H]1CN(c2ccc(-n3c(=O)n(C)c4cnc5ccc(-c6cccnc6)cc5c43)cc2C(F)(F)F)C[C@H](C)N1. The number of alkyl halides is 3. The zero-order chi connectivity index (χ0) is 27.5. The van der Waals surface area contributed by atoms with Crippen LogP contribution in [0.2, 0.25) is 0 Å². The first kappa shape index (κ1) is 25.1. The molecule has 1 saturated heterocycles. The molecule has 10 heteroatoms. The third kappa shape index (κ3) is 4.34. The molecule has 0 amide bonds. The van der Waals surface area contributed by atoms with E-state index < -0.39 is 17.4 Å². The average Bonchev–Trinajstić information content (AvgIpc) is 3.17. The van der Waals surface area contributed by atoms with Crippen LogP contribution in [0.25, 0.3) is 38.8 Å². The Hall–Kier alpha value is -4.18. The summed E-state index contributed by atoms with van der Waals surface area (Å²) in [5.41, 5.74) is 2.46. The molecular formula is C29H27F3N6O. The second-order valence-corrected chi connectivity index (χ2v) is 10.2. The number of hydrogen-bond acceptors (Lipinski definition) is 5. The Morgan fingerprint density at radius 1 is 0.974 bits per heavy atom. The van der Waals surface area contributed by atoms with Crippen LogP contribution in [0.15, 0.2) is 71.9 Å². The number of hydrogen-bond donors (Lipinski definition) is 1. The summed E-state index contributed by atoms with van der Waals surface area (Å²) in [6.45, 7) is 4.82. The van der Waals surface area contributed by atoms with E-state index >= 15 is 0 Å². The smallest absolute Gasteiger partial charge is 0.368 e. The second kappa shape index (κ2) is 9.23. The van der Waals surface area contributed by atoms with Gasteiger partial charge in [-0.15, -0.1) is 0 Å². The molecule has 3 aromatic heterocycles. The standard InChI is InChI=1S/C29H27F3N6O/c1-17-15-37(16-18(2)35-17)25-9-7-21(12-23(25)29(30,31)32)38-27-22-11-19(20-5-4-10-33-13-20)6-8-24(22)34-14-26(27)36(3)28(38)39/h4-14,17-18,35H,15-16H2,1-3H3/t17-,18+. The van der Waals surface area contributed by atoms with Crippen LogP contribution in [0.1, 0.15) is 19.4 Å². The lowest BCUT2D eigenvalue weighted by Crippen LogP contribution is -2.54. The molecule has 1 aliphatic heterocycles. The molecule has 0 bridgehead atoms. The predicted molar refractivity (Wildman–Crippen MR) is 146 cm³/mol. The summed E-state index contributed by atoms with van der Waals surface area (Å²) in [4.78, 5) is 24.0. The van der Waals surface area contributed by atoms with Gasteiger partial charge in [0.25, 0.3) is 0 Å². The first-order chi connectivity index (χ1) is 18.6. The molecule has 0 spiro atoms. The number of piperazine rings is 1. The predicted octanol–water partition coefficient (Wildman–Crippen LogP) is 5.14. The van der Waals surface area contributed by atoms with Gasteiger partial charge in [0.1, 0.15) is 0 Å². The molecular weight excluding hydrogens is 505 g/mol. The van der Waals surface area contributed by atoms with Gasteiger partial charge in [-0.1, -0.05) is 12.1 Å². The molecule has 0 unspecified atom stereocenters. The molecule has 200 valence electrons. The van der Waals surface area contributed by atoms with Crippen molar-refractivity contribution < 1.29 is 13.2 Å². The molecule has 2 aromatic carbocycles. The summed E-state index contributed by atoms with van der Waals surface area (Å²) in [7, 11) is 1.60. The third-order valence-corrected chi connectivity index (χ3v) is 7.32. The number of aromatic nitrogens is 4. The lowest BCUT2D eigenvalue weighted by Gasteiger charge is -2.38. The van der Waals surface area contributed by atoms with Gasteiger partial charge < -0.3 is 10.2 Å². The van der Waals surface area contributed by atoms with Gasteiger partial charge in [0.15, 0.2) is 0 Å². The van der Waals surface area contributed by atoms with Crippen molar-refractivity contribution in [3.05, 3.63) is 83.2 Å². The fourth-order valence-electron chi connectivity index (χ4n) is 5.64. The summed E-state index contributed by atoms with van der Waals surface area (Å²) < 4.78 is 46.1. The van der Waals surface area contributed by atoms with E-state index in [2.05, 4.69) is 15.3 Å². The van der Waals surface area contributed by atoms with Crippen LogP contribution < -0.4 is 15.9 Å². The van der Waals surface area contributed by atoms with Crippen molar-refractivity contribution in [3.8, 4) is 16.8 Å². The van der Waals surface area contributed by atoms with Crippen molar-refractivity contribution in [1.82, 2.24) is 24.4 Å². The highest BCUT2D eigenvalue weighted by Crippen LogP contribution is 2.39. The van der Waals surface area contributed by atoms with E-state index in [1.165, 1.54) is 15.2 Å². The van der Waals surface area contributed by atoms with Crippen molar-refractivity contribution in [2.75, 3.05) is 18.0 Å². The number of benzene rings is 2. The molecule has 39 heavy (non-hydrogen) atoms. The molecule has 1 fully saturated rings. The monoisotopic (exact) mass is 532 g/mol. The van der Waals surface area contributed by atoms with Crippen molar-refractivity contribution >= 4 is 27.6 Å². The number of halogens is 3. The van der Waals surface area contributed by atoms with E-state index in [9.17, 15) is 18.0 Å². The van der Waals surface area contributed by atoms with E-state index in [0.717, 1.165) is 17.2 Å². The van der Waals surface area contributed by atoms with Crippen molar-refractivity contribution in [1.29, 1.82) is 0 Å². The number of aryl methyl sites for hydroxylation is 1. The highest BCUT2D eigenvalue weighted by molar-refractivity contribution is 6.04. The topological polar surface area (TPSA) is 68.0 Å². The van der Waals surface area contributed by atoms with Crippen LogP contribution in [0.4, 0.5) is 18.9 Å². The van der Waals surface area contributed by atoms with Crippen LogP contribution in [0, 0.1) is 0 Å². The number of anilines is 1. The molecule has 1 N–H and O–H groups in total. The first-order valence-electron chi connectivity index (χ1n) is 12.7. The van der Waals surface area contributed by atoms with E-state index in [0.29, 0.717) is 35.0 Å². The Balaban J connectivity index is 1.59. The van der Waals surface area contributed by atoms with Crippen LogP contribution in [0.5, 0.6) is 0 Å². The first-order valence-corrected chi connectivity index (χ1v) is 12.7. The molecule has 2 atom stereocenters. The van der Waals surface area contributed by atoms with Gasteiger partial charge in [0.2, 0.25) is 0 Å². The molecule has 0 aliphatic carbocycles. The van der Waals surface area contributed by atoms with E-state index in [1.807, 2.05) is 44.2 Å². The maximum Gasteiger partial charge on any atom is 0.418 e. The minimum atomic E-state index is -4.60.